The number of hydrogen-bond acceptors (Lipinski definition) is 3. The maximum Gasteiger partial charge on any atom is 0.417 e. The van der Waals surface area contributed by atoms with Crippen molar-refractivity contribution in [2.45, 2.75) is 12.2 Å². The third-order valence-corrected chi connectivity index (χ3v) is 4.49. The molecule has 0 saturated carbocycles. The maximum absolute atomic E-state index is 13.1. The molecule has 126 valence electrons. The standard InChI is InChI=1S/C16H19F3N2O2/c1-20-6-11-7-21(8-12(20)10-23-9-11)15(22)13-4-2-3-5-14(13)16(17,18)19/h2-5,11-12H,6-10H2,1H3/t11-,12+/m1/s1. The predicted molar refractivity (Wildman–Crippen MR) is 78.1 cm³/mol. The van der Waals surface area contributed by atoms with E-state index in [9.17, 15) is 18.0 Å². The molecule has 3 rings (SSSR count). The molecule has 2 atom stereocenters. The van der Waals surface area contributed by atoms with E-state index in [2.05, 4.69) is 4.90 Å². The van der Waals surface area contributed by atoms with Gasteiger partial charge in [0.25, 0.3) is 5.91 Å². The molecule has 0 spiro atoms. The second kappa shape index (κ2) is 6.13. The number of carbonyl (C=O) groups is 1. The van der Waals surface area contributed by atoms with Gasteiger partial charge in [-0.05, 0) is 19.2 Å². The molecule has 1 amide bonds. The fraction of sp³-hybridized carbons (Fsp3) is 0.562. The lowest BCUT2D eigenvalue weighted by Gasteiger charge is -2.30. The summed E-state index contributed by atoms with van der Waals surface area (Å²) in [7, 11) is 1.96. The molecule has 7 heteroatoms. The first-order chi connectivity index (χ1) is 10.9. The summed E-state index contributed by atoms with van der Waals surface area (Å²) in [5, 5.41) is 0. The Hall–Kier alpha value is -1.60. The Morgan fingerprint density at radius 1 is 1.17 bits per heavy atom. The van der Waals surface area contributed by atoms with Crippen LogP contribution >= 0.6 is 0 Å². The summed E-state index contributed by atoms with van der Waals surface area (Å²) in [4.78, 5) is 16.4. The van der Waals surface area contributed by atoms with Crippen molar-refractivity contribution in [2.75, 3.05) is 39.9 Å². The van der Waals surface area contributed by atoms with Crippen LogP contribution in [0.25, 0.3) is 0 Å². The number of rotatable bonds is 1. The number of benzene rings is 1. The summed E-state index contributed by atoms with van der Waals surface area (Å²) in [6.45, 7) is 2.63. The highest BCUT2D eigenvalue weighted by Gasteiger charge is 2.38. The van der Waals surface area contributed by atoms with Crippen LogP contribution < -0.4 is 0 Å². The van der Waals surface area contributed by atoms with Crippen molar-refractivity contribution >= 4 is 5.91 Å². The highest BCUT2D eigenvalue weighted by Crippen LogP contribution is 2.33. The zero-order valence-electron chi connectivity index (χ0n) is 12.8. The molecule has 2 saturated heterocycles. The van der Waals surface area contributed by atoms with Gasteiger partial charge in [0.05, 0.1) is 30.4 Å². The molecule has 0 aromatic heterocycles. The van der Waals surface area contributed by atoms with Crippen LogP contribution in [0.2, 0.25) is 0 Å². The fourth-order valence-corrected chi connectivity index (χ4v) is 3.30. The summed E-state index contributed by atoms with van der Waals surface area (Å²) < 4.78 is 45.0. The lowest BCUT2D eigenvalue weighted by Crippen LogP contribution is -2.45. The normalized spacial score (nSPS) is 26.0. The molecule has 0 radical (unpaired) electrons. The Kier molecular flexibility index (Phi) is 4.33. The van der Waals surface area contributed by atoms with Crippen molar-refractivity contribution in [2.24, 2.45) is 5.92 Å². The van der Waals surface area contributed by atoms with Gasteiger partial charge in [-0.3, -0.25) is 9.69 Å². The second-order valence-electron chi connectivity index (χ2n) is 6.25. The minimum absolute atomic E-state index is 0.0181. The number of fused-ring (bicyclic) bond motifs is 3. The van der Waals surface area contributed by atoms with E-state index < -0.39 is 17.6 Å². The molecule has 1 aromatic rings. The SMILES string of the molecule is CN1C[C@H]2COC[C@@H]1CN(C(=O)c1ccccc1C(F)(F)F)C2. The fourth-order valence-electron chi connectivity index (χ4n) is 3.30. The predicted octanol–water partition coefficient (Wildman–Crippen LogP) is 2.11. The van der Waals surface area contributed by atoms with Gasteiger partial charge >= 0.3 is 6.18 Å². The minimum Gasteiger partial charge on any atom is -0.379 e. The number of carbonyl (C=O) groups excluding carboxylic acids is 1. The molecule has 2 heterocycles. The van der Waals surface area contributed by atoms with E-state index in [1.807, 2.05) is 7.05 Å². The van der Waals surface area contributed by atoms with Crippen molar-refractivity contribution in [1.29, 1.82) is 0 Å². The molecule has 1 aromatic carbocycles. The lowest BCUT2D eigenvalue weighted by atomic mass is 10.0. The molecule has 2 aliphatic heterocycles. The number of amides is 1. The first-order valence-electron chi connectivity index (χ1n) is 7.59. The molecule has 0 N–H and O–H groups in total. The molecular formula is C16H19F3N2O2. The first-order valence-corrected chi connectivity index (χ1v) is 7.59. The quantitative estimate of drug-likeness (QED) is 0.792. The topological polar surface area (TPSA) is 32.8 Å². The van der Waals surface area contributed by atoms with Crippen LogP contribution in [0.5, 0.6) is 0 Å². The lowest BCUT2D eigenvalue weighted by molar-refractivity contribution is -0.138. The van der Waals surface area contributed by atoms with Crippen LogP contribution in [-0.2, 0) is 10.9 Å². The summed E-state index contributed by atoms with van der Waals surface area (Å²) in [5.74, 6) is -0.431. The molecule has 23 heavy (non-hydrogen) atoms. The molecule has 2 fully saturated rings. The number of ether oxygens (including phenoxy) is 1. The maximum atomic E-state index is 13.1. The minimum atomic E-state index is -4.53. The average molecular weight is 328 g/mol. The Labute approximate surface area is 132 Å². The highest BCUT2D eigenvalue weighted by molar-refractivity contribution is 5.96. The van der Waals surface area contributed by atoms with Gasteiger partial charge in [0, 0.05) is 25.6 Å². The average Bonchev–Trinajstić information content (AvgIpc) is 2.74. The van der Waals surface area contributed by atoms with Gasteiger partial charge in [0.15, 0.2) is 0 Å². The Bertz CT molecular complexity index is 591. The van der Waals surface area contributed by atoms with E-state index in [1.165, 1.54) is 18.2 Å². The van der Waals surface area contributed by atoms with Crippen LogP contribution in [0.3, 0.4) is 0 Å². The Balaban J connectivity index is 1.89. The second-order valence-corrected chi connectivity index (χ2v) is 6.25. The summed E-state index contributed by atoms with van der Waals surface area (Å²) in [5.41, 5.74) is -1.15. The van der Waals surface area contributed by atoms with Crippen molar-refractivity contribution in [1.82, 2.24) is 9.80 Å². The van der Waals surface area contributed by atoms with Crippen LogP contribution in [0.15, 0.2) is 24.3 Å². The largest absolute Gasteiger partial charge is 0.417 e. The van der Waals surface area contributed by atoms with E-state index in [1.54, 1.807) is 4.90 Å². The van der Waals surface area contributed by atoms with E-state index >= 15 is 0 Å². The molecule has 0 aliphatic carbocycles. The van der Waals surface area contributed by atoms with Crippen LogP contribution in [-0.4, -0.2) is 61.6 Å². The number of hydrogen-bond donors (Lipinski definition) is 0. The summed E-state index contributed by atoms with van der Waals surface area (Å²) in [6.07, 6.45) is -4.53. The summed E-state index contributed by atoms with van der Waals surface area (Å²) >= 11 is 0. The van der Waals surface area contributed by atoms with Crippen LogP contribution in [0.1, 0.15) is 15.9 Å². The van der Waals surface area contributed by atoms with Crippen molar-refractivity contribution in [3.05, 3.63) is 35.4 Å². The monoisotopic (exact) mass is 328 g/mol. The van der Waals surface area contributed by atoms with Gasteiger partial charge in [-0.2, -0.15) is 13.2 Å². The van der Waals surface area contributed by atoms with Crippen molar-refractivity contribution in [3.63, 3.8) is 0 Å². The molecule has 2 bridgehead atoms. The van der Waals surface area contributed by atoms with Crippen molar-refractivity contribution in [3.8, 4) is 0 Å². The number of halogens is 3. The van der Waals surface area contributed by atoms with Gasteiger partial charge < -0.3 is 9.64 Å². The van der Waals surface area contributed by atoms with Crippen molar-refractivity contribution < 1.29 is 22.7 Å². The zero-order valence-corrected chi connectivity index (χ0v) is 12.8. The zero-order chi connectivity index (χ0) is 16.6. The first kappa shape index (κ1) is 16.3. The van der Waals surface area contributed by atoms with Gasteiger partial charge in [0.1, 0.15) is 0 Å². The molecule has 4 nitrogen and oxygen atoms in total. The Morgan fingerprint density at radius 3 is 2.65 bits per heavy atom. The number of nitrogens with zero attached hydrogens (tertiary/aromatic N) is 2. The van der Waals surface area contributed by atoms with Crippen LogP contribution in [0.4, 0.5) is 13.2 Å². The number of alkyl halides is 3. The summed E-state index contributed by atoms with van der Waals surface area (Å²) in [6, 6.07) is 5.01. The van der Waals surface area contributed by atoms with Gasteiger partial charge in [-0.1, -0.05) is 12.1 Å². The van der Waals surface area contributed by atoms with Gasteiger partial charge in [0.2, 0.25) is 0 Å². The van der Waals surface area contributed by atoms with Gasteiger partial charge in [-0.25, -0.2) is 0 Å². The van der Waals surface area contributed by atoms with E-state index in [0.29, 0.717) is 26.3 Å². The van der Waals surface area contributed by atoms with Crippen LogP contribution in [0, 0.1) is 5.92 Å². The Morgan fingerprint density at radius 2 is 1.91 bits per heavy atom. The van der Waals surface area contributed by atoms with E-state index in [0.717, 1.165) is 12.6 Å². The molecule has 2 aliphatic rings. The third kappa shape index (κ3) is 3.35. The molecular weight excluding hydrogens is 309 g/mol. The number of likely N-dealkylation sites (N-methyl/N-ethyl adjacent to an activating group) is 1. The van der Waals surface area contributed by atoms with Gasteiger partial charge in [-0.15, -0.1) is 0 Å². The molecule has 0 unspecified atom stereocenters. The third-order valence-electron chi connectivity index (χ3n) is 4.49. The smallest absolute Gasteiger partial charge is 0.379 e. The van der Waals surface area contributed by atoms with E-state index in [-0.39, 0.29) is 17.5 Å². The van der Waals surface area contributed by atoms with E-state index in [4.69, 9.17) is 4.74 Å². The highest BCUT2D eigenvalue weighted by atomic mass is 19.4.